The van der Waals surface area contributed by atoms with Crippen molar-refractivity contribution in [1.29, 1.82) is 0 Å². The smallest absolute Gasteiger partial charge is 0.0671 e. The fourth-order valence-electron chi connectivity index (χ4n) is 2.40. The van der Waals surface area contributed by atoms with Crippen molar-refractivity contribution in [1.82, 2.24) is 5.32 Å². The number of hydrogen-bond donors (Lipinski definition) is 1. The summed E-state index contributed by atoms with van der Waals surface area (Å²) in [6.07, 6.45) is 2.55. The van der Waals surface area contributed by atoms with Crippen molar-refractivity contribution in [2.75, 3.05) is 6.54 Å². The Morgan fingerprint density at radius 1 is 1.11 bits per heavy atom. The van der Waals surface area contributed by atoms with Gasteiger partial charge in [-0.1, -0.05) is 56.7 Å². The van der Waals surface area contributed by atoms with Gasteiger partial charge in [-0.05, 0) is 35.9 Å². The van der Waals surface area contributed by atoms with Crippen molar-refractivity contribution >= 4 is 11.3 Å². The van der Waals surface area contributed by atoms with Gasteiger partial charge in [-0.25, -0.2) is 0 Å². The van der Waals surface area contributed by atoms with Crippen LogP contribution >= 0.6 is 11.3 Å². The highest BCUT2D eigenvalue weighted by atomic mass is 32.1. The van der Waals surface area contributed by atoms with Gasteiger partial charge in [0.05, 0.1) is 6.04 Å². The van der Waals surface area contributed by atoms with E-state index < -0.39 is 0 Å². The molecule has 2 unspecified atom stereocenters. The van der Waals surface area contributed by atoms with Crippen molar-refractivity contribution in [2.24, 2.45) is 5.92 Å². The van der Waals surface area contributed by atoms with Gasteiger partial charge in [0.25, 0.3) is 0 Å². The average Bonchev–Trinajstić information content (AvgIpc) is 2.94. The molecule has 1 N–H and O–H groups in total. The fourth-order valence-corrected chi connectivity index (χ4v) is 3.22. The third-order valence-electron chi connectivity index (χ3n) is 3.41. The van der Waals surface area contributed by atoms with E-state index in [0.29, 0.717) is 6.04 Å². The van der Waals surface area contributed by atoms with Gasteiger partial charge in [-0.2, -0.15) is 0 Å². The van der Waals surface area contributed by atoms with Gasteiger partial charge in [0, 0.05) is 4.88 Å². The molecule has 0 saturated heterocycles. The van der Waals surface area contributed by atoms with E-state index in [-0.39, 0.29) is 0 Å². The molecule has 0 bridgehead atoms. The van der Waals surface area contributed by atoms with Crippen molar-refractivity contribution < 1.29 is 0 Å². The molecule has 1 aromatic carbocycles. The first-order valence-corrected chi connectivity index (χ1v) is 8.01. The summed E-state index contributed by atoms with van der Waals surface area (Å²) in [6, 6.07) is 15.4. The molecule has 2 aromatic rings. The summed E-state index contributed by atoms with van der Waals surface area (Å²) in [6.45, 7) is 5.66. The second-order valence-electron chi connectivity index (χ2n) is 5.16. The van der Waals surface area contributed by atoms with E-state index >= 15 is 0 Å². The van der Waals surface area contributed by atoms with E-state index in [1.165, 1.54) is 23.3 Å². The first kappa shape index (κ1) is 14.3. The van der Waals surface area contributed by atoms with Gasteiger partial charge in [-0.3, -0.25) is 0 Å². The maximum atomic E-state index is 3.73. The molecule has 2 rings (SSSR count). The summed E-state index contributed by atoms with van der Waals surface area (Å²) in [4.78, 5) is 1.40. The molecule has 1 aromatic heterocycles. The molecule has 2 heteroatoms. The molecule has 0 saturated carbocycles. The summed E-state index contributed by atoms with van der Waals surface area (Å²) in [7, 11) is 0. The number of nitrogens with one attached hydrogen (secondary N) is 1. The molecule has 0 aliphatic heterocycles. The number of hydrogen-bond acceptors (Lipinski definition) is 2. The summed E-state index contributed by atoms with van der Waals surface area (Å²) >= 11 is 1.83. The van der Waals surface area contributed by atoms with Gasteiger partial charge in [-0.15, -0.1) is 11.3 Å². The van der Waals surface area contributed by atoms with Crippen LogP contribution in [-0.4, -0.2) is 6.54 Å². The monoisotopic (exact) mass is 273 g/mol. The van der Waals surface area contributed by atoms with E-state index in [4.69, 9.17) is 0 Å². The van der Waals surface area contributed by atoms with Crippen LogP contribution in [0, 0.1) is 5.92 Å². The average molecular weight is 273 g/mol. The molecule has 0 spiro atoms. The Morgan fingerprint density at radius 3 is 2.53 bits per heavy atom. The van der Waals surface area contributed by atoms with Gasteiger partial charge in [0.2, 0.25) is 0 Å². The summed E-state index contributed by atoms with van der Waals surface area (Å²) in [5.74, 6) is 0.733. The number of thiophene rings is 1. The Bertz CT molecular complexity index is 449. The number of rotatable bonds is 7. The zero-order chi connectivity index (χ0) is 13.5. The normalized spacial score (nSPS) is 14.2. The van der Waals surface area contributed by atoms with Crippen molar-refractivity contribution in [3.8, 4) is 0 Å². The maximum absolute atomic E-state index is 3.73. The van der Waals surface area contributed by atoms with Crippen molar-refractivity contribution in [3.05, 3.63) is 58.3 Å². The molecule has 2 atom stereocenters. The molecular weight excluding hydrogens is 250 g/mol. The highest BCUT2D eigenvalue weighted by Gasteiger charge is 2.15. The Kier molecular flexibility index (Phi) is 5.62. The molecule has 1 nitrogen and oxygen atoms in total. The van der Waals surface area contributed by atoms with Crippen LogP contribution in [0.2, 0.25) is 0 Å². The maximum Gasteiger partial charge on any atom is 0.0671 e. The lowest BCUT2D eigenvalue weighted by atomic mass is 10.0. The van der Waals surface area contributed by atoms with Gasteiger partial charge >= 0.3 is 0 Å². The fraction of sp³-hybridized carbons (Fsp3) is 0.412. The largest absolute Gasteiger partial charge is 0.305 e. The van der Waals surface area contributed by atoms with Crippen LogP contribution in [0.5, 0.6) is 0 Å². The lowest BCUT2D eigenvalue weighted by molar-refractivity contribution is 0.456. The summed E-state index contributed by atoms with van der Waals surface area (Å²) in [5, 5.41) is 5.89. The Hall–Kier alpha value is -1.12. The van der Waals surface area contributed by atoms with E-state index in [0.717, 1.165) is 12.5 Å². The zero-order valence-electron chi connectivity index (χ0n) is 11.8. The Morgan fingerprint density at radius 2 is 1.89 bits per heavy atom. The van der Waals surface area contributed by atoms with Crippen LogP contribution in [0.1, 0.15) is 43.2 Å². The van der Waals surface area contributed by atoms with E-state index in [1.54, 1.807) is 0 Å². The standard InChI is InChI=1S/C17H23NS/c1-3-8-14(2)13-18-17(16-11-7-12-19-16)15-9-5-4-6-10-15/h4-7,9-12,14,17-18H,3,8,13H2,1-2H3. The van der Waals surface area contributed by atoms with Gasteiger partial charge < -0.3 is 5.32 Å². The van der Waals surface area contributed by atoms with Crippen LogP contribution in [0.25, 0.3) is 0 Å². The van der Waals surface area contributed by atoms with E-state index in [1.807, 2.05) is 11.3 Å². The Balaban J connectivity index is 2.08. The summed E-state index contributed by atoms with van der Waals surface area (Å²) in [5.41, 5.74) is 1.36. The number of benzene rings is 1. The van der Waals surface area contributed by atoms with Gasteiger partial charge in [0.15, 0.2) is 0 Å². The quantitative estimate of drug-likeness (QED) is 0.759. The lowest BCUT2D eigenvalue weighted by Crippen LogP contribution is -2.26. The van der Waals surface area contributed by atoms with Crippen LogP contribution in [-0.2, 0) is 0 Å². The molecule has 102 valence electrons. The minimum atomic E-state index is 0.334. The molecular formula is C17H23NS. The molecule has 0 aliphatic carbocycles. The highest BCUT2D eigenvalue weighted by molar-refractivity contribution is 7.10. The van der Waals surface area contributed by atoms with Crippen LogP contribution in [0.3, 0.4) is 0 Å². The molecule has 1 heterocycles. The molecule has 0 amide bonds. The van der Waals surface area contributed by atoms with Gasteiger partial charge in [0.1, 0.15) is 0 Å². The SMILES string of the molecule is CCCC(C)CNC(c1ccccc1)c1cccs1. The van der Waals surface area contributed by atoms with Crippen LogP contribution in [0.15, 0.2) is 47.8 Å². The van der Waals surface area contributed by atoms with E-state index in [9.17, 15) is 0 Å². The molecule has 19 heavy (non-hydrogen) atoms. The second kappa shape index (κ2) is 7.46. The third kappa shape index (κ3) is 4.19. The molecule has 0 radical (unpaired) electrons. The van der Waals surface area contributed by atoms with Crippen LogP contribution < -0.4 is 5.32 Å². The minimum Gasteiger partial charge on any atom is -0.305 e. The zero-order valence-corrected chi connectivity index (χ0v) is 12.6. The lowest BCUT2D eigenvalue weighted by Gasteiger charge is -2.20. The van der Waals surface area contributed by atoms with Crippen LogP contribution in [0.4, 0.5) is 0 Å². The predicted molar refractivity (Wildman–Crippen MR) is 84.7 cm³/mol. The Labute approximate surface area is 120 Å². The van der Waals surface area contributed by atoms with Crippen molar-refractivity contribution in [2.45, 2.75) is 32.7 Å². The predicted octanol–water partition coefficient (Wildman–Crippen LogP) is 4.86. The van der Waals surface area contributed by atoms with Crippen molar-refractivity contribution in [3.63, 3.8) is 0 Å². The first-order chi connectivity index (χ1) is 9.31. The topological polar surface area (TPSA) is 12.0 Å². The summed E-state index contributed by atoms with van der Waals surface area (Å²) < 4.78 is 0. The molecule has 0 fully saturated rings. The second-order valence-corrected chi connectivity index (χ2v) is 6.14. The third-order valence-corrected chi connectivity index (χ3v) is 4.35. The molecule has 0 aliphatic rings. The van der Waals surface area contributed by atoms with E-state index in [2.05, 4.69) is 67.0 Å². The first-order valence-electron chi connectivity index (χ1n) is 7.13. The minimum absolute atomic E-state index is 0.334. The highest BCUT2D eigenvalue weighted by Crippen LogP contribution is 2.26.